The maximum absolute atomic E-state index is 11.6. The second-order valence-corrected chi connectivity index (χ2v) is 14.7. The van der Waals surface area contributed by atoms with Gasteiger partial charge in [-0.25, -0.2) is 15.1 Å². The van der Waals surface area contributed by atoms with Crippen LogP contribution < -0.4 is 34.8 Å². The highest BCUT2D eigenvalue weighted by Gasteiger charge is 2.24. The normalized spacial score (nSPS) is 16.9. The van der Waals surface area contributed by atoms with Crippen molar-refractivity contribution in [2.75, 3.05) is 43.8 Å². The van der Waals surface area contributed by atoms with E-state index in [2.05, 4.69) is 64.9 Å². The number of ether oxygens (including phenoxy) is 5. The molecule has 3 aliphatic heterocycles. The van der Waals surface area contributed by atoms with Gasteiger partial charge in [0.2, 0.25) is 0 Å². The summed E-state index contributed by atoms with van der Waals surface area (Å²) >= 11 is 0. The maximum atomic E-state index is 11.6. The smallest absolute Gasteiger partial charge is 0.337 e. The molecule has 0 unspecified atom stereocenters. The SMILES string of the molecule is COC(=O)c1ccc2c(c1)OC[C@H](C)N(c1ccccc1)C2.COC(=O)c1ccc2c(c1)OC[C@H](C)NC2.C[C@H]1COc2cc(C(=O)NO)ccc2CN1c1ccccc1.S.S.S. The van der Waals surface area contributed by atoms with E-state index < -0.39 is 5.91 Å². The van der Waals surface area contributed by atoms with E-state index in [0.717, 1.165) is 47.0 Å². The van der Waals surface area contributed by atoms with Crippen molar-refractivity contribution in [1.82, 2.24) is 10.8 Å². The van der Waals surface area contributed by atoms with Gasteiger partial charge in [-0.2, -0.15) is 40.5 Å². The molecule has 5 aromatic carbocycles. The number of benzene rings is 5. The second-order valence-electron chi connectivity index (χ2n) is 14.7. The molecule has 3 atom stereocenters. The average molecular weight is 919 g/mol. The van der Waals surface area contributed by atoms with Crippen LogP contribution in [0.5, 0.6) is 17.2 Å². The zero-order chi connectivity index (χ0) is 42.6. The standard InChI is InChI=1S/C18H19NO3.C17H18N2O3.C12H15NO3.3H2S/c1-13-12-22-17-10-14(18(20)21-2)8-9-15(17)11-19(13)16-6-4-3-5-7-16;1-12-11-22-16-9-13(17(20)18-21)7-8-14(16)10-19(12)15-5-3-2-4-6-15;1-8-7-16-11-5-9(12(14)15-2)3-4-10(11)6-13-8;;;/h3-10,13H,11-12H2,1-2H3;2-9,12,21H,10-11H2,1H3,(H,18,20);3-5,8,13H,6-7H2,1-2H3;3*1H2/t13-;12-;8-;;;/m000.../s1. The predicted octanol–water partition coefficient (Wildman–Crippen LogP) is 7.54. The highest BCUT2D eigenvalue weighted by molar-refractivity contribution is 7.59. The molecule has 0 bridgehead atoms. The third kappa shape index (κ3) is 13.5. The zero-order valence-electron chi connectivity index (χ0n) is 36.1. The van der Waals surface area contributed by atoms with Gasteiger partial charge in [0.05, 0.1) is 37.4 Å². The molecule has 0 saturated heterocycles. The summed E-state index contributed by atoms with van der Waals surface area (Å²) in [5, 5.41) is 12.1. The lowest BCUT2D eigenvalue weighted by Crippen LogP contribution is -2.34. The maximum Gasteiger partial charge on any atom is 0.337 e. The summed E-state index contributed by atoms with van der Waals surface area (Å²) < 4.78 is 26.8. The molecule has 0 radical (unpaired) electrons. The number of hydrogen-bond acceptors (Lipinski definition) is 12. The van der Waals surface area contributed by atoms with Crippen molar-refractivity contribution < 1.29 is 43.3 Å². The highest BCUT2D eigenvalue weighted by Crippen LogP contribution is 2.31. The van der Waals surface area contributed by atoms with Crippen molar-refractivity contribution in [3.8, 4) is 17.2 Å². The first-order chi connectivity index (χ1) is 29.1. The van der Waals surface area contributed by atoms with Gasteiger partial charge in [0, 0.05) is 59.3 Å². The molecule has 3 heterocycles. The Morgan fingerprint density at radius 2 is 0.984 bits per heavy atom. The van der Waals surface area contributed by atoms with Crippen LogP contribution in [0.25, 0.3) is 0 Å². The number of nitrogens with one attached hydrogen (secondary N) is 2. The van der Waals surface area contributed by atoms with Crippen molar-refractivity contribution in [1.29, 1.82) is 0 Å². The Kier molecular flexibility index (Phi) is 20.5. The number of anilines is 2. The number of methoxy groups -OCH3 is 2. The average Bonchev–Trinajstić information content (AvgIpc) is 3.67. The largest absolute Gasteiger partial charge is 0.492 e. The van der Waals surface area contributed by atoms with Crippen molar-refractivity contribution in [2.24, 2.45) is 0 Å². The molecule has 8 rings (SSSR count). The van der Waals surface area contributed by atoms with E-state index in [0.29, 0.717) is 54.8 Å². The summed E-state index contributed by atoms with van der Waals surface area (Å²) in [7, 11) is 2.76. The minimum absolute atomic E-state index is 0. The van der Waals surface area contributed by atoms with Crippen LogP contribution in [0.15, 0.2) is 115 Å². The van der Waals surface area contributed by atoms with Crippen LogP contribution in [0.1, 0.15) is 68.5 Å². The molecule has 3 aliphatic rings. The number of fused-ring (bicyclic) bond motifs is 3. The van der Waals surface area contributed by atoms with Crippen molar-refractivity contribution in [3.63, 3.8) is 0 Å². The molecule has 0 spiro atoms. The zero-order valence-corrected chi connectivity index (χ0v) is 39.1. The Morgan fingerprint density at radius 3 is 1.43 bits per heavy atom. The number of rotatable bonds is 5. The van der Waals surface area contributed by atoms with Gasteiger partial charge in [0.15, 0.2) is 0 Å². The molecule has 0 fully saturated rings. The Hall–Kier alpha value is -5.52. The van der Waals surface area contributed by atoms with Crippen molar-refractivity contribution >= 4 is 69.7 Å². The minimum atomic E-state index is -0.538. The molecule has 0 aliphatic carbocycles. The molecule has 1 amide bonds. The fourth-order valence-corrected chi connectivity index (χ4v) is 6.94. The van der Waals surface area contributed by atoms with Gasteiger partial charge in [-0.1, -0.05) is 54.6 Å². The molecule has 13 nitrogen and oxygen atoms in total. The Morgan fingerprint density at radius 1 is 0.587 bits per heavy atom. The molecule has 16 heteroatoms. The van der Waals surface area contributed by atoms with Gasteiger partial charge in [0.1, 0.15) is 37.1 Å². The van der Waals surface area contributed by atoms with E-state index in [1.54, 1.807) is 41.9 Å². The molecule has 3 N–H and O–H groups in total. The van der Waals surface area contributed by atoms with Crippen molar-refractivity contribution in [3.05, 3.63) is 149 Å². The predicted molar refractivity (Wildman–Crippen MR) is 259 cm³/mol. The van der Waals surface area contributed by atoms with E-state index in [4.69, 9.17) is 24.2 Å². The van der Waals surface area contributed by atoms with Crippen LogP contribution in [0.4, 0.5) is 11.4 Å². The highest BCUT2D eigenvalue weighted by atomic mass is 32.1. The van der Waals surface area contributed by atoms with Gasteiger partial charge in [-0.3, -0.25) is 10.0 Å². The monoisotopic (exact) mass is 918 g/mol. The number of carbonyl (C=O) groups excluding carboxylic acids is 3. The summed E-state index contributed by atoms with van der Waals surface area (Å²) in [6, 6.07) is 37.4. The van der Waals surface area contributed by atoms with E-state index in [9.17, 15) is 14.4 Å². The van der Waals surface area contributed by atoms with Gasteiger partial charge in [-0.15, -0.1) is 0 Å². The van der Waals surface area contributed by atoms with Crippen LogP contribution in [-0.2, 0) is 29.1 Å². The number of hydrogen-bond donors (Lipinski definition) is 3. The van der Waals surface area contributed by atoms with Gasteiger partial charge in [0.25, 0.3) is 5.91 Å². The summed E-state index contributed by atoms with van der Waals surface area (Å²) in [4.78, 5) is 39.1. The lowest BCUT2D eigenvalue weighted by atomic mass is 10.1. The third-order valence-electron chi connectivity index (χ3n) is 10.4. The lowest BCUT2D eigenvalue weighted by molar-refractivity contribution is 0.0591. The van der Waals surface area contributed by atoms with Gasteiger partial charge in [-0.05, 0) is 81.4 Å². The first-order valence-corrected chi connectivity index (χ1v) is 19.8. The molecule has 5 aromatic rings. The quantitative estimate of drug-likeness (QED) is 0.0910. The minimum Gasteiger partial charge on any atom is -0.492 e. The first-order valence-electron chi connectivity index (χ1n) is 19.8. The fraction of sp³-hybridized carbons (Fsp3) is 0.298. The topological polar surface area (TPSA) is 148 Å². The van der Waals surface area contributed by atoms with Crippen LogP contribution >= 0.6 is 40.5 Å². The Labute approximate surface area is 390 Å². The van der Waals surface area contributed by atoms with Crippen LogP contribution in [0.2, 0.25) is 0 Å². The first kappa shape index (κ1) is 51.8. The number of amides is 1. The summed E-state index contributed by atoms with van der Waals surface area (Å²) in [5.41, 5.74) is 8.52. The summed E-state index contributed by atoms with van der Waals surface area (Å²) in [5.74, 6) is 0.989. The fourth-order valence-electron chi connectivity index (χ4n) is 6.94. The Bertz CT molecular complexity index is 2140. The summed E-state index contributed by atoms with van der Waals surface area (Å²) in [6.07, 6.45) is 0. The van der Waals surface area contributed by atoms with E-state index >= 15 is 0 Å². The molecule has 63 heavy (non-hydrogen) atoms. The number of para-hydroxylation sites is 2. The Balaban J connectivity index is 0.000000249. The van der Waals surface area contributed by atoms with Gasteiger partial charge < -0.3 is 38.8 Å². The second kappa shape index (κ2) is 24.9. The molecular formula is C47H58N4O9S3. The molecule has 0 aromatic heterocycles. The van der Waals surface area contributed by atoms with E-state index in [1.165, 1.54) is 19.9 Å². The van der Waals surface area contributed by atoms with Crippen LogP contribution in [-0.4, -0.2) is 75.2 Å². The lowest BCUT2D eigenvalue weighted by Gasteiger charge is -2.28. The van der Waals surface area contributed by atoms with Crippen LogP contribution in [0, 0.1) is 0 Å². The van der Waals surface area contributed by atoms with Crippen LogP contribution in [0.3, 0.4) is 0 Å². The molecular weight excluding hydrogens is 861 g/mol. The summed E-state index contributed by atoms with van der Waals surface area (Å²) in [6.45, 7) is 10.3. The molecule has 0 saturated carbocycles. The number of hydroxylamine groups is 1. The van der Waals surface area contributed by atoms with Crippen molar-refractivity contribution in [2.45, 2.75) is 58.5 Å². The number of nitrogens with zero attached hydrogens (tertiary/aromatic N) is 2. The number of esters is 2. The van der Waals surface area contributed by atoms with E-state index in [1.807, 2.05) is 54.6 Å². The molecule has 338 valence electrons. The number of carbonyl (C=O) groups is 3. The third-order valence-corrected chi connectivity index (χ3v) is 10.4. The van der Waals surface area contributed by atoms with Gasteiger partial charge >= 0.3 is 11.9 Å². The van der Waals surface area contributed by atoms with E-state index in [-0.39, 0.29) is 64.5 Å².